The molecule has 2 unspecified atom stereocenters. The molecule has 0 aliphatic rings. The zero-order chi connectivity index (χ0) is 14.1. The molecule has 2 atom stereocenters. The second-order valence-corrected chi connectivity index (χ2v) is 4.71. The van der Waals surface area contributed by atoms with Crippen molar-refractivity contribution in [2.24, 2.45) is 0 Å². The molecule has 0 fully saturated rings. The fraction of sp³-hybridized carbons (Fsp3) is 0.700. The van der Waals surface area contributed by atoms with E-state index in [2.05, 4.69) is 10.6 Å². The van der Waals surface area contributed by atoms with E-state index in [-0.39, 0.29) is 18.9 Å². The smallest absolute Gasteiger partial charge is 0.326 e. The number of carbonyl (C=O) groups is 3. The van der Waals surface area contributed by atoms with Gasteiger partial charge >= 0.3 is 18.0 Å². The lowest BCUT2D eigenvalue weighted by Crippen LogP contribution is -2.49. The molecule has 2 amide bonds. The molecule has 7 nitrogen and oxygen atoms in total. The predicted molar refractivity (Wildman–Crippen MR) is 67.8 cm³/mol. The number of amides is 2. The van der Waals surface area contributed by atoms with Crippen LogP contribution in [0.2, 0.25) is 0 Å². The van der Waals surface area contributed by atoms with Gasteiger partial charge < -0.3 is 20.8 Å². The minimum absolute atomic E-state index is 0.0890. The predicted octanol–water partition coefficient (Wildman–Crippen LogP) is 0.355. The van der Waals surface area contributed by atoms with E-state index < -0.39 is 24.0 Å². The van der Waals surface area contributed by atoms with Crippen LogP contribution in [0.15, 0.2) is 0 Å². The van der Waals surface area contributed by atoms with Crippen LogP contribution in [-0.4, -0.2) is 52.3 Å². The van der Waals surface area contributed by atoms with Gasteiger partial charge in [-0.1, -0.05) is 0 Å². The van der Waals surface area contributed by atoms with E-state index in [9.17, 15) is 14.4 Å². The SMILES string of the molecule is CSCC(C)NC(=O)NC(CCC(=O)O)C(=O)O. The van der Waals surface area contributed by atoms with Crippen LogP contribution in [0.4, 0.5) is 4.79 Å². The zero-order valence-corrected chi connectivity index (χ0v) is 11.1. The second kappa shape index (κ2) is 8.62. The number of thioether (sulfide) groups is 1. The van der Waals surface area contributed by atoms with E-state index in [1.807, 2.05) is 6.26 Å². The average molecular weight is 278 g/mol. The van der Waals surface area contributed by atoms with Crippen LogP contribution >= 0.6 is 11.8 Å². The topological polar surface area (TPSA) is 116 Å². The van der Waals surface area contributed by atoms with E-state index in [1.165, 1.54) is 0 Å². The second-order valence-electron chi connectivity index (χ2n) is 3.80. The van der Waals surface area contributed by atoms with Crippen LogP contribution in [0.5, 0.6) is 0 Å². The summed E-state index contributed by atoms with van der Waals surface area (Å²) in [5, 5.41) is 22.1. The maximum atomic E-state index is 11.4. The highest BCUT2D eigenvalue weighted by Crippen LogP contribution is 1.99. The van der Waals surface area contributed by atoms with Gasteiger partial charge in [0, 0.05) is 18.2 Å². The fourth-order valence-corrected chi connectivity index (χ4v) is 1.82. The molecule has 0 rings (SSSR count). The molecule has 0 spiro atoms. The number of rotatable bonds is 8. The van der Waals surface area contributed by atoms with Crippen LogP contribution in [0.1, 0.15) is 19.8 Å². The fourth-order valence-electron chi connectivity index (χ4n) is 1.24. The van der Waals surface area contributed by atoms with E-state index in [0.717, 1.165) is 0 Å². The Balaban J connectivity index is 4.19. The van der Waals surface area contributed by atoms with Gasteiger partial charge in [0.2, 0.25) is 0 Å². The minimum Gasteiger partial charge on any atom is -0.481 e. The van der Waals surface area contributed by atoms with E-state index in [1.54, 1.807) is 18.7 Å². The van der Waals surface area contributed by atoms with Gasteiger partial charge in [-0.3, -0.25) is 4.79 Å². The molecule has 104 valence electrons. The van der Waals surface area contributed by atoms with Gasteiger partial charge in [0.25, 0.3) is 0 Å². The van der Waals surface area contributed by atoms with Crippen LogP contribution in [0.3, 0.4) is 0 Å². The largest absolute Gasteiger partial charge is 0.481 e. The summed E-state index contributed by atoms with van der Waals surface area (Å²) in [4.78, 5) is 32.6. The van der Waals surface area contributed by atoms with Gasteiger partial charge in [0.1, 0.15) is 6.04 Å². The van der Waals surface area contributed by atoms with Crippen molar-refractivity contribution >= 4 is 29.7 Å². The Morgan fingerprint density at radius 1 is 1.22 bits per heavy atom. The van der Waals surface area contributed by atoms with Crippen molar-refractivity contribution in [3.05, 3.63) is 0 Å². The molecule has 0 saturated carbocycles. The van der Waals surface area contributed by atoms with Crippen molar-refractivity contribution in [2.75, 3.05) is 12.0 Å². The molecule has 4 N–H and O–H groups in total. The van der Waals surface area contributed by atoms with Crippen molar-refractivity contribution in [3.8, 4) is 0 Å². The van der Waals surface area contributed by atoms with Gasteiger partial charge in [-0.2, -0.15) is 11.8 Å². The Morgan fingerprint density at radius 3 is 2.28 bits per heavy atom. The van der Waals surface area contributed by atoms with Gasteiger partial charge in [-0.25, -0.2) is 9.59 Å². The summed E-state index contributed by atoms with van der Waals surface area (Å²) in [6, 6.07) is -1.88. The first-order chi connectivity index (χ1) is 8.36. The average Bonchev–Trinajstić information content (AvgIpc) is 2.23. The highest BCUT2D eigenvalue weighted by atomic mass is 32.2. The Morgan fingerprint density at radius 2 is 1.83 bits per heavy atom. The monoisotopic (exact) mass is 278 g/mol. The summed E-state index contributed by atoms with van der Waals surface area (Å²) >= 11 is 1.55. The Hall–Kier alpha value is -1.44. The molecule has 0 aliphatic heterocycles. The Bertz CT molecular complexity index is 311. The molecule has 0 bridgehead atoms. The van der Waals surface area contributed by atoms with Crippen LogP contribution in [-0.2, 0) is 9.59 Å². The number of urea groups is 1. The number of hydrogen-bond donors (Lipinski definition) is 4. The third-order valence-corrected chi connectivity index (χ3v) is 2.88. The molecule has 0 radical (unpaired) electrons. The Kier molecular flexibility index (Phi) is 7.93. The first-order valence-corrected chi connectivity index (χ1v) is 6.76. The molecule has 0 aromatic rings. The lowest BCUT2D eigenvalue weighted by atomic mass is 10.1. The minimum atomic E-state index is -1.25. The molecule has 0 aliphatic carbocycles. The first kappa shape index (κ1) is 16.6. The van der Waals surface area contributed by atoms with Crippen LogP contribution in [0, 0.1) is 0 Å². The third kappa shape index (κ3) is 7.77. The van der Waals surface area contributed by atoms with Gasteiger partial charge in [-0.15, -0.1) is 0 Å². The number of carboxylic acids is 2. The maximum absolute atomic E-state index is 11.4. The standard InChI is InChI=1S/C10H18N2O5S/c1-6(5-18-2)11-10(17)12-7(9(15)16)3-4-8(13)14/h6-7H,3-5H2,1-2H3,(H,13,14)(H,15,16)(H2,11,12,17). The summed E-state index contributed by atoms with van der Waals surface area (Å²) in [7, 11) is 0. The van der Waals surface area contributed by atoms with Crippen molar-refractivity contribution in [2.45, 2.75) is 31.8 Å². The molecule has 0 aromatic heterocycles. The number of carboxylic acid groups (broad SMARTS) is 2. The van der Waals surface area contributed by atoms with Crippen molar-refractivity contribution in [3.63, 3.8) is 0 Å². The molecule has 0 aromatic carbocycles. The highest BCUT2D eigenvalue weighted by Gasteiger charge is 2.21. The van der Waals surface area contributed by atoms with E-state index in [4.69, 9.17) is 10.2 Å². The molecular weight excluding hydrogens is 260 g/mol. The summed E-state index contributed by atoms with van der Waals surface area (Å²) in [5.74, 6) is -1.64. The summed E-state index contributed by atoms with van der Waals surface area (Å²) in [6.45, 7) is 1.79. The summed E-state index contributed by atoms with van der Waals surface area (Å²) < 4.78 is 0. The summed E-state index contributed by atoms with van der Waals surface area (Å²) in [6.07, 6.45) is 1.44. The molecule has 18 heavy (non-hydrogen) atoms. The van der Waals surface area contributed by atoms with Gasteiger partial charge in [0.05, 0.1) is 0 Å². The highest BCUT2D eigenvalue weighted by molar-refractivity contribution is 7.98. The van der Waals surface area contributed by atoms with Gasteiger partial charge in [0.15, 0.2) is 0 Å². The van der Waals surface area contributed by atoms with Crippen LogP contribution in [0.25, 0.3) is 0 Å². The van der Waals surface area contributed by atoms with Crippen LogP contribution < -0.4 is 10.6 Å². The normalized spacial score (nSPS) is 13.4. The maximum Gasteiger partial charge on any atom is 0.326 e. The molecule has 0 heterocycles. The lowest BCUT2D eigenvalue weighted by molar-refractivity contribution is -0.140. The van der Waals surface area contributed by atoms with E-state index >= 15 is 0 Å². The third-order valence-electron chi connectivity index (χ3n) is 2.04. The number of carbonyl (C=O) groups excluding carboxylic acids is 1. The number of hydrogen-bond acceptors (Lipinski definition) is 4. The van der Waals surface area contributed by atoms with E-state index in [0.29, 0.717) is 5.75 Å². The number of nitrogens with one attached hydrogen (secondary N) is 2. The van der Waals surface area contributed by atoms with Gasteiger partial charge in [-0.05, 0) is 19.6 Å². The molecule has 0 saturated heterocycles. The first-order valence-electron chi connectivity index (χ1n) is 5.37. The Labute approximate surface area is 109 Å². The quantitative estimate of drug-likeness (QED) is 0.509. The zero-order valence-electron chi connectivity index (χ0n) is 10.3. The van der Waals surface area contributed by atoms with Crippen molar-refractivity contribution in [1.82, 2.24) is 10.6 Å². The number of aliphatic carboxylic acids is 2. The van der Waals surface area contributed by atoms with Crippen molar-refractivity contribution in [1.29, 1.82) is 0 Å². The lowest BCUT2D eigenvalue weighted by Gasteiger charge is -2.17. The summed E-state index contributed by atoms with van der Waals surface area (Å²) in [5.41, 5.74) is 0. The molecular formula is C10H18N2O5S. The van der Waals surface area contributed by atoms with Crippen molar-refractivity contribution < 1.29 is 24.6 Å². The molecule has 8 heteroatoms.